The Labute approximate surface area is 124 Å². The molecule has 6 nitrogen and oxygen atoms in total. The monoisotopic (exact) mass is 290 g/mol. The number of hydrogen-bond donors (Lipinski definition) is 2. The lowest BCUT2D eigenvalue weighted by atomic mass is 9.88. The lowest BCUT2D eigenvalue weighted by Gasteiger charge is -2.26. The average Bonchev–Trinajstić information content (AvgIpc) is 2.83. The minimum atomic E-state index is -0.148. The van der Waals surface area contributed by atoms with Crippen LogP contribution in [0, 0.1) is 5.41 Å². The maximum absolute atomic E-state index is 12.3. The number of carbonyl (C=O) groups excluding carboxylic acids is 1. The molecule has 0 bridgehead atoms. The highest BCUT2D eigenvalue weighted by atomic mass is 16.5. The second-order valence-electron chi connectivity index (χ2n) is 6.42. The average molecular weight is 290 g/mol. The normalized spacial score (nSPS) is 13.3. The lowest BCUT2D eigenvalue weighted by molar-refractivity contribution is 0.0867. The number of hydrogen-bond acceptors (Lipinski definition) is 4. The van der Waals surface area contributed by atoms with Crippen molar-refractivity contribution in [1.29, 1.82) is 0 Å². The molecule has 1 unspecified atom stereocenters. The van der Waals surface area contributed by atoms with Crippen LogP contribution in [0.5, 0.6) is 0 Å². The zero-order chi connectivity index (χ0) is 15.5. The van der Waals surface area contributed by atoms with Gasteiger partial charge in [0.1, 0.15) is 5.52 Å². The molecule has 2 rings (SSSR count). The maximum atomic E-state index is 12.3. The van der Waals surface area contributed by atoms with E-state index in [1.54, 1.807) is 25.6 Å². The highest BCUT2D eigenvalue weighted by molar-refractivity contribution is 5.96. The Morgan fingerprint density at radius 3 is 2.86 bits per heavy atom. The van der Waals surface area contributed by atoms with Gasteiger partial charge in [-0.2, -0.15) is 5.10 Å². The van der Waals surface area contributed by atoms with Crippen LogP contribution in [0.15, 0.2) is 18.5 Å². The number of aromatic amines is 1. The van der Waals surface area contributed by atoms with Gasteiger partial charge in [0.05, 0.1) is 29.9 Å². The topological polar surface area (TPSA) is 79.9 Å². The van der Waals surface area contributed by atoms with E-state index >= 15 is 0 Å². The summed E-state index contributed by atoms with van der Waals surface area (Å²) in [5.41, 5.74) is 2.13. The molecule has 1 amide bonds. The maximum Gasteiger partial charge on any atom is 0.253 e. The van der Waals surface area contributed by atoms with E-state index < -0.39 is 0 Å². The highest BCUT2D eigenvalue weighted by Gasteiger charge is 2.21. The third-order valence-electron chi connectivity index (χ3n) is 3.11. The first-order valence-electron chi connectivity index (χ1n) is 6.98. The van der Waals surface area contributed by atoms with E-state index in [0.717, 1.165) is 17.5 Å². The second kappa shape index (κ2) is 6.22. The largest absolute Gasteiger partial charge is 0.383 e. The van der Waals surface area contributed by atoms with Gasteiger partial charge in [-0.3, -0.25) is 14.9 Å². The van der Waals surface area contributed by atoms with Crippen LogP contribution in [0.1, 0.15) is 37.6 Å². The molecule has 0 aliphatic rings. The van der Waals surface area contributed by atoms with Crippen LogP contribution in [-0.2, 0) is 4.74 Å². The third-order valence-corrected chi connectivity index (χ3v) is 3.11. The highest BCUT2D eigenvalue weighted by Crippen LogP contribution is 2.21. The molecule has 0 fully saturated rings. The first kappa shape index (κ1) is 15.4. The molecular weight excluding hydrogens is 268 g/mol. The van der Waals surface area contributed by atoms with Gasteiger partial charge < -0.3 is 10.1 Å². The van der Waals surface area contributed by atoms with Crippen LogP contribution >= 0.6 is 0 Å². The number of amides is 1. The van der Waals surface area contributed by atoms with E-state index in [2.05, 4.69) is 41.3 Å². The first-order valence-corrected chi connectivity index (χ1v) is 6.98. The van der Waals surface area contributed by atoms with Crippen molar-refractivity contribution in [3.63, 3.8) is 0 Å². The summed E-state index contributed by atoms with van der Waals surface area (Å²) < 4.78 is 5.20. The molecule has 114 valence electrons. The number of H-pyrrole nitrogens is 1. The molecule has 0 saturated carbocycles. The first-order chi connectivity index (χ1) is 9.89. The molecule has 2 heterocycles. The van der Waals surface area contributed by atoms with Crippen molar-refractivity contribution in [2.75, 3.05) is 13.7 Å². The van der Waals surface area contributed by atoms with Crippen molar-refractivity contribution in [1.82, 2.24) is 20.5 Å². The predicted molar refractivity (Wildman–Crippen MR) is 81.1 cm³/mol. The number of methoxy groups -OCH3 is 1. The molecule has 0 aliphatic heterocycles. The van der Waals surface area contributed by atoms with Gasteiger partial charge in [-0.05, 0) is 17.9 Å². The molecule has 21 heavy (non-hydrogen) atoms. The molecule has 2 aromatic heterocycles. The fraction of sp³-hybridized carbons (Fsp3) is 0.533. The standard InChI is InChI=1S/C15H22N4O2/c1-15(2,3)6-11(9-21-4)18-14(20)10-5-12-13(16-7-10)8-17-19-12/h5,7-8,11H,6,9H2,1-4H3,(H,17,19)(H,18,20). The summed E-state index contributed by atoms with van der Waals surface area (Å²) >= 11 is 0. The summed E-state index contributed by atoms with van der Waals surface area (Å²) in [7, 11) is 1.64. The van der Waals surface area contributed by atoms with E-state index in [-0.39, 0.29) is 17.4 Å². The molecule has 0 radical (unpaired) electrons. The Morgan fingerprint density at radius 2 is 2.19 bits per heavy atom. The summed E-state index contributed by atoms with van der Waals surface area (Å²) in [5, 5.41) is 9.73. The fourth-order valence-corrected chi connectivity index (χ4v) is 2.32. The Balaban J connectivity index is 2.10. The number of ether oxygens (including phenoxy) is 1. The number of fused-ring (bicyclic) bond motifs is 1. The third kappa shape index (κ3) is 4.26. The summed E-state index contributed by atoms with van der Waals surface area (Å²) in [6.45, 7) is 6.91. The van der Waals surface area contributed by atoms with Crippen LogP contribution < -0.4 is 5.32 Å². The number of carbonyl (C=O) groups is 1. The Morgan fingerprint density at radius 1 is 1.43 bits per heavy atom. The van der Waals surface area contributed by atoms with Crippen molar-refractivity contribution >= 4 is 16.9 Å². The summed E-state index contributed by atoms with van der Waals surface area (Å²) in [4.78, 5) is 16.5. The summed E-state index contributed by atoms with van der Waals surface area (Å²) in [6.07, 6.45) is 4.03. The number of pyridine rings is 1. The quantitative estimate of drug-likeness (QED) is 0.884. The van der Waals surface area contributed by atoms with Gasteiger partial charge in [-0.15, -0.1) is 0 Å². The van der Waals surface area contributed by atoms with Gasteiger partial charge >= 0.3 is 0 Å². The van der Waals surface area contributed by atoms with Gasteiger partial charge in [-0.25, -0.2) is 0 Å². The molecule has 0 aromatic carbocycles. The number of rotatable bonds is 5. The smallest absolute Gasteiger partial charge is 0.253 e. The number of nitrogens with one attached hydrogen (secondary N) is 2. The van der Waals surface area contributed by atoms with Crippen LogP contribution in [0.3, 0.4) is 0 Å². The Kier molecular flexibility index (Phi) is 4.57. The molecule has 0 saturated heterocycles. The van der Waals surface area contributed by atoms with E-state index in [4.69, 9.17) is 4.74 Å². The predicted octanol–water partition coefficient (Wildman–Crippen LogP) is 2.14. The summed E-state index contributed by atoms with van der Waals surface area (Å²) in [5.74, 6) is -0.148. The van der Waals surface area contributed by atoms with Crippen LogP contribution in [-0.4, -0.2) is 40.8 Å². The molecular formula is C15H22N4O2. The number of nitrogens with zero attached hydrogens (tertiary/aromatic N) is 2. The zero-order valence-electron chi connectivity index (χ0n) is 12.9. The minimum absolute atomic E-state index is 0.0278. The molecule has 0 spiro atoms. The summed E-state index contributed by atoms with van der Waals surface area (Å²) in [6, 6.07) is 1.73. The van der Waals surface area contributed by atoms with Gasteiger partial charge in [-0.1, -0.05) is 20.8 Å². The van der Waals surface area contributed by atoms with Gasteiger partial charge in [0.15, 0.2) is 0 Å². The van der Waals surface area contributed by atoms with Gasteiger partial charge in [0, 0.05) is 13.3 Å². The van der Waals surface area contributed by atoms with Crippen LogP contribution in [0.25, 0.3) is 11.0 Å². The van der Waals surface area contributed by atoms with E-state index in [0.29, 0.717) is 12.2 Å². The zero-order valence-corrected chi connectivity index (χ0v) is 12.9. The Bertz CT molecular complexity index is 615. The van der Waals surface area contributed by atoms with E-state index in [1.165, 1.54) is 0 Å². The van der Waals surface area contributed by atoms with Crippen molar-refractivity contribution in [3.8, 4) is 0 Å². The van der Waals surface area contributed by atoms with Crippen molar-refractivity contribution in [2.45, 2.75) is 33.2 Å². The van der Waals surface area contributed by atoms with Gasteiger partial charge in [0.25, 0.3) is 5.91 Å². The van der Waals surface area contributed by atoms with Crippen molar-refractivity contribution in [2.24, 2.45) is 5.41 Å². The number of aromatic nitrogens is 3. The molecule has 2 N–H and O–H groups in total. The second-order valence-corrected chi connectivity index (χ2v) is 6.42. The van der Waals surface area contributed by atoms with Gasteiger partial charge in [0.2, 0.25) is 0 Å². The van der Waals surface area contributed by atoms with Crippen LogP contribution in [0.4, 0.5) is 0 Å². The van der Waals surface area contributed by atoms with Crippen molar-refractivity contribution in [3.05, 3.63) is 24.0 Å². The van der Waals surface area contributed by atoms with E-state index in [1.807, 2.05) is 0 Å². The SMILES string of the molecule is COCC(CC(C)(C)C)NC(=O)c1cnc2cn[nH]c2c1. The van der Waals surface area contributed by atoms with E-state index in [9.17, 15) is 4.79 Å². The minimum Gasteiger partial charge on any atom is -0.383 e. The fourth-order valence-electron chi connectivity index (χ4n) is 2.32. The molecule has 2 aromatic rings. The molecule has 0 aliphatic carbocycles. The molecule has 1 atom stereocenters. The van der Waals surface area contributed by atoms with Crippen LogP contribution in [0.2, 0.25) is 0 Å². The lowest BCUT2D eigenvalue weighted by Crippen LogP contribution is -2.40. The molecule has 6 heteroatoms. The van der Waals surface area contributed by atoms with Crippen molar-refractivity contribution < 1.29 is 9.53 Å². The Hall–Kier alpha value is -1.95.